The smallest absolute Gasteiger partial charge is 0.0511 e. The highest BCUT2D eigenvalue weighted by Gasteiger charge is 2.19. The van der Waals surface area contributed by atoms with Crippen LogP contribution in [0.2, 0.25) is 25.2 Å². The Morgan fingerprint density at radius 2 is 2.08 bits per heavy atom. The normalized spacial score (nSPS) is 18.3. The lowest BCUT2D eigenvalue weighted by Gasteiger charge is -2.31. The molecule has 0 atom stereocenters. The second-order valence-electron chi connectivity index (χ2n) is 4.96. The molecule has 0 unspecified atom stereocenters. The van der Waals surface area contributed by atoms with Crippen LogP contribution in [-0.2, 0) is 0 Å². The van der Waals surface area contributed by atoms with Crippen molar-refractivity contribution in [2.45, 2.75) is 38.0 Å². The van der Waals surface area contributed by atoms with Crippen LogP contribution in [0.3, 0.4) is 0 Å². The van der Waals surface area contributed by atoms with Crippen molar-refractivity contribution in [3.05, 3.63) is 12.7 Å². The molecule has 13 heavy (non-hydrogen) atoms. The van der Waals surface area contributed by atoms with Gasteiger partial charge < -0.3 is 4.90 Å². The fraction of sp³-hybridized carbons (Fsp3) is 0.818. The summed E-state index contributed by atoms with van der Waals surface area (Å²) in [6.07, 6.45) is 4.94. The first-order valence-electron chi connectivity index (χ1n) is 5.47. The van der Waals surface area contributed by atoms with Gasteiger partial charge in [0.1, 0.15) is 0 Å². The van der Waals surface area contributed by atoms with E-state index >= 15 is 0 Å². The fourth-order valence-electron chi connectivity index (χ4n) is 1.88. The van der Waals surface area contributed by atoms with E-state index < -0.39 is 8.07 Å². The maximum atomic E-state index is 3.84. The number of allylic oxidation sites excluding steroid dienone is 1. The highest BCUT2D eigenvalue weighted by molar-refractivity contribution is 6.77. The third kappa shape index (κ3) is 4.10. The molecule has 0 amide bonds. The van der Waals surface area contributed by atoms with E-state index in [9.17, 15) is 0 Å². The minimum atomic E-state index is -0.904. The third-order valence-corrected chi connectivity index (χ3v) is 6.07. The molecule has 1 saturated heterocycles. The van der Waals surface area contributed by atoms with Gasteiger partial charge in [-0.05, 0) is 38.5 Å². The van der Waals surface area contributed by atoms with Crippen LogP contribution in [0.25, 0.3) is 0 Å². The topological polar surface area (TPSA) is 3.24 Å². The zero-order chi connectivity index (χ0) is 9.73. The highest BCUT2D eigenvalue weighted by Crippen LogP contribution is 2.18. The molecule has 0 aromatic carbocycles. The molecule has 0 spiro atoms. The number of rotatable bonds is 6. The standard InChI is InChI=1S/C11H23NSi/c1-4-10-13(2,3)11-6-9-12-7-5-8-12/h4H,1,5-11H2,2-3H3. The van der Waals surface area contributed by atoms with E-state index in [0.29, 0.717) is 0 Å². The Morgan fingerprint density at radius 1 is 1.38 bits per heavy atom. The van der Waals surface area contributed by atoms with Gasteiger partial charge in [-0.25, -0.2) is 0 Å². The van der Waals surface area contributed by atoms with Gasteiger partial charge in [0.2, 0.25) is 0 Å². The maximum absolute atomic E-state index is 3.84. The number of likely N-dealkylation sites (tertiary alicyclic amines) is 1. The Labute approximate surface area is 83.8 Å². The van der Waals surface area contributed by atoms with Crippen LogP contribution in [0, 0.1) is 0 Å². The first-order chi connectivity index (χ1) is 6.14. The van der Waals surface area contributed by atoms with Crippen LogP contribution in [0.5, 0.6) is 0 Å². The average Bonchev–Trinajstić information content (AvgIpc) is 1.94. The van der Waals surface area contributed by atoms with Crippen LogP contribution < -0.4 is 0 Å². The van der Waals surface area contributed by atoms with Gasteiger partial charge in [-0.3, -0.25) is 0 Å². The van der Waals surface area contributed by atoms with Crippen molar-refractivity contribution in [3.63, 3.8) is 0 Å². The van der Waals surface area contributed by atoms with Gasteiger partial charge in [-0.15, -0.1) is 6.58 Å². The average molecular weight is 197 g/mol. The number of hydrogen-bond acceptors (Lipinski definition) is 1. The van der Waals surface area contributed by atoms with Crippen molar-refractivity contribution in [2.24, 2.45) is 0 Å². The molecule has 0 aromatic heterocycles. The van der Waals surface area contributed by atoms with Crippen molar-refractivity contribution in [2.75, 3.05) is 19.6 Å². The first-order valence-corrected chi connectivity index (χ1v) is 8.89. The summed E-state index contributed by atoms with van der Waals surface area (Å²) in [5.74, 6) is 0. The van der Waals surface area contributed by atoms with Crippen molar-refractivity contribution in [3.8, 4) is 0 Å². The minimum absolute atomic E-state index is 0.904. The lowest BCUT2D eigenvalue weighted by Crippen LogP contribution is -2.38. The van der Waals surface area contributed by atoms with Crippen LogP contribution >= 0.6 is 0 Å². The molecular formula is C11H23NSi. The molecule has 0 bridgehead atoms. The van der Waals surface area contributed by atoms with Crippen LogP contribution in [0.1, 0.15) is 12.8 Å². The lowest BCUT2D eigenvalue weighted by molar-refractivity contribution is 0.182. The van der Waals surface area contributed by atoms with Gasteiger partial charge in [0.05, 0.1) is 8.07 Å². The molecule has 1 nitrogen and oxygen atoms in total. The van der Waals surface area contributed by atoms with E-state index in [0.717, 1.165) is 0 Å². The zero-order valence-electron chi connectivity index (χ0n) is 9.18. The Morgan fingerprint density at radius 3 is 2.54 bits per heavy atom. The summed E-state index contributed by atoms with van der Waals surface area (Å²) < 4.78 is 0. The second kappa shape index (κ2) is 4.96. The van der Waals surface area contributed by atoms with Gasteiger partial charge in [0, 0.05) is 0 Å². The SMILES string of the molecule is C=CC[Si](C)(C)CCCN1CCC1. The number of hydrogen-bond donors (Lipinski definition) is 0. The van der Waals surface area contributed by atoms with Crippen molar-refractivity contribution in [1.82, 2.24) is 4.90 Å². The van der Waals surface area contributed by atoms with Crippen molar-refractivity contribution in [1.29, 1.82) is 0 Å². The monoisotopic (exact) mass is 197 g/mol. The molecule has 1 rings (SSSR count). The summed E-state index contributed by atoms with van der Waals surface area (Å²) in [6, 6.07) is 2.75. The largest absolute Gasteiger partial charge is 0.303 e. The molecule has 0 saturated carbocycles. The van der Waals surface area contributed by atoms with E-state index in [1.165, 1.54) is 44.6 Å². The summed E-state index contributed by atoms with van der Waals surface area (Å²) in [6.45, 7) is 12.8. The molecular weight excluding hydrogens is 174 g/mol. The molecule has 0 aliphatic carbocycles. The van der Waals surface area contributed by atoms with Gasteiger partial charge in [0.15, 0.2) is 0 Å². The summed E-state index contributed by atoms with van der Waals surface area (Å²) in [4.78, 5) is 2.57. The summed E-state index contributed by atoms with van der Waals surface area (Å²) in [5.41, 5.74) is 0. The van der Waals surface area contributed by atoms with Crippen LogP contribution in [0.15, 0.2) is 12.7 Å². The summed E-state index contributed by atoms with van der Waals surface area (Å²) in [5, 5.41) is 0. The molecule has 76 valence electrons. The van der Waals surface area contributed by atoms with Crippen LogP contribution in [-0.4, -0.2) is 32.6 Å². The van der Waals surface area contributed by atoms with Gasteiger partial charge in [0.25, 0.3) is 0 Å². The van der Waals surface area contributed by atoms with E-state index in [2.05, 4.69) is 30.6 Å². The van der Waals surface area contributed by atoms with E-state index in [-0.39, 0.29) is 0 Å². The van der Waals surface area contributed by atoms with Gasteiger partial charge >= 0.3 is 0 Å². The molecule has 2 heteroatoms. The van der Waals surface area contributed by atoms with Gasteiger partial charge in [-0.2, -0.15) is 0 Å². The Bertz CT molecular complexity index is 161. The zero-order valence-corrected chi connectivity index (χ0v) is 10.2. The number of nitrogens with zero attached hydrogens (tertiary/aromatic N) is 1. The second-order valence-corrected chi connectivity index (χ2v) is 10.2. The Kier molecular flexibility index (Phi) is 4.20. The van der Waals surface area contributed by atoms with Crippen molar-refractivity contribution >= 4 is 8.07 Å². The molecule has 0 N–H and O–H groups in total. The van der Waals surface area contributed by atoms with E-state index in [1.54, 1.807) is 0 Å². The summed E-state index contributed by atoms with van der Waals surface area (Å²) in [7, 11) is -0.904. The van der Waals surface area contributed by atoms with Gasteiger partial charge in [-0.1, -0.05) is 25.2 Å². The molecule has 0 aromatic rings. The lowest BCUT2D eigenvalue weighted by atomic mass is 10.2. The Balaban J connectivity index is 2.05. The highest BCUT2D eigenvalue weighted by atomic mass is 28.3. The van der Waals surface area contributed by atoms with Crippen LogP contribution in [0.4, 0.5) is 0 Å². The fourth-order valence-corrected chi connectivity index (χ4v) is 3.98. The summed E-state index contributed by atoms with van der Waals surface area (Å²) >= 11 is 0. The molecule has 1 aliphatic heterocycles. The van der Waals surface area contributed by atoms with E-state index in [4.69, 9.17) is 0 Å². The van der Waals surface area contributed by atoms with E-state index in [1.807, 2.05) is 0 Å². The molecule has 1 aliphatic rings. The first kappa shape index (κ1) is 11.0. The van der Waals surface area contributed by atoms with Crippen molar-refractivity contribution < 1.29 is 0 Å². The molecule has 1 heterocycles. The minimum Gasteiger partial charge on any atom is -0.303 e. The molecule has 1 fully saturated rings. The predicted molar refractivity (Wildman–Crippen MR) is 63.0 cm³/mol. The quantitative estimate of drug-likeness (QED) is 0.467. The Hall–Kier alpha value is -0.0831. The third-order valence-electron chi connectivity index (χ3n) is 2.97. The molecule has 0 radical (unpaired) electrons. The predicted octanol–water partition coefficient (Wildman–Crippen LogP) is 2.98. The maximum Gasteiger partial charge on any atom is 0.0511 e.